The summed E-state index contributed by atoms with van der Waals surface area (Å²) in [5, 5.41) is 9.98. The van der Waals surface area contributed by atoms with Crippen molar-refractivity contribution in [3.8, 4) is 0 Å². The van der Waals surface area contributed by atoms with Crippen molar-refractivity contribution in [3.63, 3.8) is 0 Å². The van der Waals surface area contributed by atoms with Gasteiger partial charge in [0.15, 0.2) is 0 Å². The van der Waals surface area contributed by atoms with E-state index in [9.17, 15) is 22.9 Å². The van der Waals surface area contributed by atoms with Crippen LogP contribution < -0.4 is 0 Å². The number of rotatable bonds is 6. The number of aromatic nitrogens is 1. The quantitative estimate of drug-likeness (QED) is 0.625. The van der Waals surface area contributed by atoms with Gasteiger partial charge in [0.2, 0.25) is 5.91 Å². The Morgan fingerprint density at radius 3 is 2.34 bits per heavy atom. The number of hydrogen-bond donors (Lipinski definition) is 1. The molecule has 0 saturated heterocycles. The van der Waals surface area contributed by atoms with Crippen molar-refractivity contribution < 1.29 is 22.9 Å². The predicted octanol–water partition coefficient (Wildman–Crippen LogP) is 5.17. The summed E-state index contributed by atoms with van der Waals surface area (Å²) in [5.41, 5.74) is 0.0917. The van der Waals surface area contributed by atoms with Gasteiger partial charge < -0.3 is 13.7 Å². The normalized spacial score (nSPS) is 13.5. The first-order valence-corrected chi connectivity index (χ1v) is 11.1. The van der Waals surface area contributed by atoms with Crippen LogP contribution in [0.4, 0.5) is 8.78 Å². The second kappa shape index (κ2) is 8.97. The third-order valence-electron chi connectivity index (χ3n) is 4.26. The van der Waals surface area contributed by atoms with Crippen LogP contribution in [0.5, 0.6) is 0 Å². The Kier molecular flexibility index (Phi) is 7.29. The first-order valence-electron chi connectivity index (χ1n) is 9.18. The molecule has 2 aromatic rings. The molecule has 9 heteroatoms. The van der Waals surface area contributed by atoms with E-state index in [-0.39, 0.29) is 27.3 Å². The molecule has 0 spiro atoms. The number of pyridine rings is 1. The van der Waals surface area contributed by atoms with Gasteiger partial charge in [0.25, 0.3) is 0 Å². The number of hydrogen-bond acceptors (Lipinski definition) is 6. The fourth-order valence-electron chi connectivity index (χ4n) is 2.95. The van der Waals surface area contributed by atoms with E-state index in [1.54, 1.807) is 0 Å². The van der Waals surface area contributed by atoms with E-state index < -0.39 is 33.7 Å². The van der Waals surface area contributed by atoms with Crippen LogP contribution in [0.15, 0.2) is 20.8 Å². The lowest BCUT2D eigenvalue weighted by Gasteiger charge is -2.18. The van der Waals surface area contributed by atoms with E-state index in [1.165, 1.54) is 13.8 Å². The van der Waals surface area contributed by atoms with E-state index in [2.05, 4.69) is 9.35 Å². The van der Waals surface area contributed by atoms with Gasteiger partial charge in [0.1, 0.15) is 11.6 Å². The molecule has 0 aliphatic carbocycles. The van der Waals surface area contributed by atoms with Crippen LogP contribution in [0.2, 0.25) is 0 Å². The van der Waals surface area contributed by atoms with Crippen molar-refractivity contribution in [1.29, 1.82) is 0 Å². The maximum atomic E-state index is 14.4. The maximum absolute atomic E-state index is 14.4. The summed E-state index contributed by atoms with van der Waals surface area (Å²) < 4.78 is 44.3. The van der Waals surface area contributed by atoms with Crippen molar-refractivity contribution in [3.05, 3.63) is 45.6 Å². The van der Waals surface area contributed by atoms with Gasteiger partial charge >= 0.3 is 0 Å². The minimum Gasteiger partial charge on any atom is -0.439 e. The van der Waals surface area contributed by atoms with Crippen LogP contribution >= 0.6 is 11.3 Å². The summed E-state index contributed by atoms with van der Waals surface area (Å²) in [6.07, 6.45) is 0.871. The molecule has 0 aliphatic rings. The molecule has 0 aromatic carbocycles. The molecular weight excluding hydrogens is 418 g/mol. The first kappa shape index (κ1) is 23.6. The smallest absolute Gasteiger partial charge is 0.227 e. The molecule has 160 valence electrons. The van der Waals surface area contributed by atoms with Crippen molar-refractivity contribution in [2.24, 2.45) is 4.36 Å². The van der Waals surface area contributed by atoms with Crippen LogP contribution in [-0.4, -0.2) is 16.0 Å². The van der Waals surface area contributed by atoms with Gasteiger partial charge in [-0.25, -0.2) is 8.78 Å². The highest BCUT2D eigenvalue weighted by molar-refractivity contribution is 7.78. The second-order valence-electron chi connectivity index (χ2n) is 7.91. The highest BCUT2D eigenvalue weighted by atomic mass is 32.2. The Balaban J connectivity index is 2.42. The molecule has 2 aromatic heterocycles. The van der Waals surface area contributed by atoms with Gasteiger partial charge in [-0.2, -0.15) is 11.3 Å². The van der Waals surface area contributed by atoms with Crippen molar-refractivity contribution >= 4 is 27.8 Å². The van der Waals surface area contributed by atoms with E-state index in [1.807, 2.05) is 27.7 Å². The molecule has 1 N–H and O–H groups in total. The minimum atomic E-state index is -2.26. The highest BCUT2D eigenvalue weighted by Crippen LogP contribution is 2.32. The largest absolute Gasteiger partial charge is 0.439 e. The third-order valence-corrected chi connectivity index (χ3v) is 7.04. The van der Waals surface area contributed by atoms with Crippen LogP contribution in [-0.2, 0) is 31.6 Å². The number of aliphatic hydroxyl groups is 1. The summed E-state index contributed by atoms with van der Waals surface area (Å²) >= 11 is 0.798. The fraction of sp³-hybridized carbons (Fsp3) is 0.500. The standard InChI is InChI=1S/C20H25F2N2O3S2/c1-10(2)17-12(18(11(3)4)23-9-14(17)22)7-16(25)24-29(27)19-13(21)8-15(28-19)20(5,6)26/h8-11,26H,7H2,1-6H3/q-1. The zero-order chi connectivity index (χ0) is 22.1. The Bertz CT molecular complexity index is 1000. The van der Waals surface area contributed by atoms with E-state index >= 15 is 0 Å². The number of amides is 1. The van der Waals surface area contributed by atoms with Gasteiger partial charge in [-0.1, -0.05) is 27.7 Å². The lowest BCUT2D eigenvalue weighted by Crippen LogP contribution is -2.13. The average molecular weight is 444 g/mol. The lowest BCUT2D eigenvalue weighted by atomic mass is 9.90. The monoisotopic (exact) mass is 443 g/mol. The molecule has 0 radical (unpaired) electrons. The van der Waals surface area contributed by atoms with Crippen molar-refractivity contribution in [2.75, 3.05) is 0 Å². The van der Waals surface area contributed by atoms with Crippen LogP contribution in [0.1, 0.15) is 75.1 Å². The molecule has 0 fully saturated rings. The van der Waals surface area contributed by atoms with Gasteiger partial charge in [-0.05, 0) is 47.1 Å². The number of thiophene rings is 1. The molecule has 2 rings (SSSR count). The Morgan fingerprint density at radius 2 is 1.86 bits per heavy atom. The summed E-state index contributed by atoms with van der Waals surface area (Å²) in [7, 11) is -2.26. The third kappa shape index (κ3) is 5.46. The van der Waals surface area contributed by atoms with E-state index in [0.717, 1.165) is 23.6 Å². The van der Waals surface area contributed by atoms with Gasteiger partial charge in [-0.3, -0.25) is 9.78 Å². The molecule has 0 bridgehead atoms. The highest BCUT2D eigenvalue weighted by Gasteiger charge is 2.22. The van der Waals surface area contributed by atoms with Gasteiger partial charge in [0, 0.05) is 10.6 Å². The number of carbonyl (C=O) groups excluding carboxylic acids is 1. The van der Waals surface area contributed by atoms with Crippen LogP contribution in [0, 0.1) is 11.6 Å². The topological polar surface area (TPSA) is 79.6 Å². The lowest BCUT2D eigenvalue weighted by molar-refractivity contribution is -0.117. The Labute approximate surface area is 175 Å². The number of halogens is 2. The Morgan fingerprint density at radius 1 is 1.24 bits per heavy atom. The molecule has 0 atom stereocenters. The van der Waals surface area contributed by atoms with Crippen LogP contribution in [0.25, 0.3) is 0 Å². The molecule has 2 heterocycles. The SMILES string of the molecule is CC(C)c1ncc(F)c(C(C)C)c1CC(=O)N=[S-](=O)c1sc(C(C)(C)O)cc1F. The zero-order valence-corrected chi connectivity index (χ0v) is 18.9. The minimum absolute atomic E-state index is 0.0505. The second-order valence-corrected chi connectivity index (χ2v) is 10.3. The molecule has 0 aliphatic heterocycles. The summed E-state index contributed by atoms with van der Waals surface area (Å²) in [5.74, 6) is -2.29. The summed E-state index contributed by atoms with van der Waals surface area (Å²) in [6.45, 7) is 10.3. The number of nitrogens with zero attached hydrogens (tertiary/aromatic N) is 2. The molecule has 5 nitrogen and oxygen atoms in total. The van der Waals surface area contributed by atoms with Gasteiger partial charge in [-0.15, -0.1) is 10.6 Å². The average Bonchev–Trinajstić information content (AvgIpc) is 2.96. The van der Waals surface area contributed by atoms with E-state index in [0.29, 0.717) is 16.8 Å². The fourth-order valence-corrected chi connectivity index (χ4v) is 4.95. The number of carbonyl (C=O) groups is 1. The predicted molar refractivity (Wildman–Crippen MR) is 109 cm³/mol. The van der Waals surface area contributed by atoms with Gasteiger partial charge in [0.05, 0.1) is 18.2 Å². The van der Waals surface area contributed by atoms with Crippen LogP contribution in [0.3, 0.4) is 0 Å². The maximum Gasteiger partial charge on any atom is 0.227 e. The van der Waals surface area contributed by atoms with Crippen molar-refractivity contribution in [1.82, 2.24) is 4.98 Å². The van der Waals surface area contributed by atoms with E-state index in [4.69, 9.17) is 0 Å². The molecule has 0 saturated carbocycles. The molecule has 0 unspecified atom stereocenters. The first-order chi connectivity index (χ1) is 13.3. The molecule has 1 amide bonds. The van der Waals surface area contributed by atoms with Crippen molar-refractivity contribution in [2.45, 2.75) is 69.6 Å². The molecular formula is C20H25F2N2O3S2-. The summed E-state index contributed by atoms with van der Waals surface area (Å²) in [4.78, 5) is 16.9. The Hall–Kier alpha value is -1.71. The zero-order valence-electron chi connectivity index (χ0n) is 17.2. The summed E-state index contributed by atoms with van der Waals surface area (Å²) in [6, 6.07) is 1.09. The molecule has 29 heavy (non-hydrogen) atoms.